The lowest BCUT2D eigenvalue weighted by Gasteiger charge is -2.53. The summed E-state index contributed by atoms with van der Waals surface area (Å²) < 4.78 is 91.0. The van der Waals surface area contributed by atoms with Crippen molar-refractivity contribution in [3.05, 3.63) is 54.2 Å². The number of halogens is 6. The van der Waals surface area contributed by atoms with Gasteiger partial charge < -0.3 is 28.4 Å². The number of ether oxygens (including phenoxy) is 1. The average Bonchev–Trinajstić information content (AvgIpc) is 3.72. The zero-order valence-corrected chi connectivity index (χ0v) is 28.3. The molecule has 0 N–H and O–H groups in total. The number of likely N-dealkylation sites (tertiary alicyclic amines) is 1. The molecule has 3 aliphatic rings. The number of anilines is 2. The van der Waals surface area contributed by atoms with Gasteiger partial charge in [-0.1, -0.05) is 12.5 Å². The van der Waals surface area contributed by atoms with Crippen LogP contribution in [0.1, 0.15) is 44.2 Å². The number of aryl methyl sites for hydroxylation is 1. The van der Waals surface area contributed by atoms with Gasteiger partial charge in [-0.2, -0.15) is 22.8 Å². The molecule has 51 heavy (non-hydrogen) atoms. The molecule has 0 radical (unpaired) electrons. The first-order chi connectivity index (χ1) is 23.9. The Hall–Kier alpha value is -4.96. The molecule has 17 heteroatoms. The van der Waals surface area contributed by atoms with Crippen molar-refractivity contribution < 1.29 is 35.9 Å². The average molecular weight is 716 g/mol. The second kappa shape index (κ2) is 11.0. The number of pyridine rings is 1. The smallest absolute Gasteiger partial charge is 0.372 e. The third-order valence-corrected chi connectivity index (χ3v) is 10.7. The summed E-state index contributed by atoms with van der Waals surface area (Å²) in [5.41, 5.74) is 1.91. The van der Waals surface area contributed by atoms with E-state index in [9.17, 15) is 31.1 Å². The summed E-state index contributed by atoms with van der Waals surface area (Å²) in [6.45, 7) is 5.79. The summed E-state index contributed by atoms with van der Waals surface area (Å²) in [6, 6.07) is 5.18. The molecule has 0 aliphatic carbocycles. The SMILES string of the molecule is CN1CCc2cc(N3CC4(CCCC(C)(C)N(C(=O)n5cnc(OC(F)(F)F)n5)C4)C3)n3cccc(c23)-c2c(C(F)(F)F)cc3c(ncn3C)c21. The van der Waals surface area contributed by atoms with Crippen LogP contribution in [0.25, 0.3) is 27.7 Å². The number of carbonyl (C=O) groups excluding carboxylic acids is 1. The molecule has 1 spiro atoms. The first kappa shape index (κ1) is 33.2. The lowest BCUT2D eigenvalue weighted by molar-refractivity contribution is -0.277. The summed E-state index contributed by atoms with van der Waals surface area (Å²) in [6.07, 6.45) is -2.40. The Morgan fingerprint density at radius 3 is 2.47 bits per heavy atom. The van der Waals surface area contributed by atoms with Gasteiger partial charge in [-0.15, -0.1) is 18.3 Å². The third kappa shape index (κ3) is 5.42. The van der Waals surface area contributed by atoms with Crippen LogP contribution in [-0.2, 0) is 19.6 Å². The Labute approximate surface area is 288 Å². The fraction of sp³-hybridized carbons (Fsp3) is 0.471. The molecule has 0 bridgehead atoms. The maximum Gasteiger partial charge on any atom is 0.575 e. The number of fused-ring (bicyclic) bond motifs is 4. The number of nitrogens with zero attached hydrogens (tertiary/aromatic N) is 9. The highest BCUT2D eigenvalue weighted by molar-refractivity contribution is 6.04. The van der Waals surface area contributed by atoms with Gasteiger partial charge in [-0.05, 0) is 56.9 Å². The Morgan fingerprint density at radius 1 is 0.980 bits per heavy atom. The van der Waals surface area contributed by atoms with Crippen molar-refractivity contribution in [1.29, 1.82) is 0 Å². The predicted octanol–water partition coefficient (Wildman–Crippen LogP) is 6.73. The Kier molecular flexibility index (Phi) is 7.17. The van der Waals surface area contributed by atoms with Crippen molar-refractivity contribution >= 4 is 34.1 Å². The van der Waals surface area contributed by atoms with E-state index in [4.69, 9.17) is 0 Å². The molecule has 3 aliphatic heterocycles. The largest absolute Gasteiger partial charge is 0.575 e. The maximum absolute atomic E-state index is 14.9. The van der Waals surface area contributed by atoms with Gasteiger partial charge in [0.2, 0.25) is 0 Å². The normalized spacial score (nSPS) is 18.8. The summed E-state index contributed by atoms with van der Waals surface area (Å²) in [5.74, 6) is 0.845. The molecule has 11 nitrogen and oxygen atoms in total. The van der Waals surface area contributed by atoms with Crippen molar-refractivity contribution in [2.75, 3.05) is 43.0 Å². The maximum atomic E-state index is 14.9. The van der Waals surface area contributed by atoms with Crippen molar-refractivity contribution in [2.45, 2.75) is 57.6 Å². The van der Waals surface area contributed by atoms with Crippen LogP contribution < -0.4 is 14.5 Å². The van der Waals surface area contributed by atoms with Gasteiger partial charge in [-0.3, -0.25) is 0 Å². The molecule has 0 saturated carbocycles. The number of amides is 1. The highest BCUT2D eigenvalue weighted by atomic mass is 19.4. The van der Waals surface area contributed by atoms with E-state index < -0.39 is 35.7 Å². The molecule has 1 amide bonds. The van der Waals surface area contributed by atoms with Crippen LogP contribution in [0, 0.1) is 5.41 Å². The molecule has 270 valence electrons. The standard InChI is InChI=1S/C34H35F6N9O2/c1-31(2)9-6-10-32(17-48(31)30(50)49-19-42-29(43-49)51-34(38,39)40)15-46(16-32)24-13-20-8-12-44(3)28-25(21-7-5-11-47(24)27(20)21)22(33(35,36)37)14-23-26(28)41-18-45(23)4/h5,7,11,13-14,18-19H,6,8-10,12,15-17H2,1-4H3. The van der Waals surface area contributed by atoms with Crippen LogP contribution in [0.5, 0.6) is 6.01 Å². The molecule has 0 unspecified atom stereocenters. The molecular formula is C34H35F6N9O2. The van der Waals surface area contributed by atoms with Crippen molar-refractivity contribution in [3.63, 3.8) is 0 Å². The molecular weight excluding hydrogens is 680 g/mol. The number of rotatable bonds is 2. The van der Waals surface area contributed by atoms with E-state index in [0.717, 1.165) is 35.2 Å². The molecule has 4 aromatic heterocycles. The highest BCUT2D eigenvalue weighted by Gasteiger charge is 2.50. The van der Waals surface area contributed by atoms with Crippen LogP contribution in [-0.4, -0.2) is 84.8 Å². The molecule has 2 fully saturated rings. The van der Waals surface area contributed by atoms with Crippen LogP contribution >= 0.6 is 0 Å². The van der Waals surface area contributed by atoms with E-state index in [-0.39, 0.29) is 11.0 Å². The number of hydrogen-bond acceptors (Lipinski definition) is 7. The Balaban J connectivity index is 1.15. The summed E-state index contributed by atoms with van der Waals surface area (Å²) in [4.78, 5) is 27.4. The fourth-order valence-electron chi connectivity index (χ4n) is 8.26. The van der Waals surface area contributed by atoms with Gasteiger partial charge in [-0.25, -0.2) is 9.78 Å². The van der Waals surface area contributed by atoms with Gasteiger partial charge in [0.1, 0.15) is 17.7 Å². The minimum absolute atomic E-state index is 0.101. The third-order valence-electron chi connectivity index (χ3n) is 10.7. The summed E-state index contributed by atoms with van der Waals surface area (Å²) >= 11 is 0. The number of carbonyl (C=O) groups is 1. The molecule has 1 aromatic carbocycles. The number of alkyl halides is 6. The summed E-state index contributed by atoms with van der Waals surface area (Å²) in [5, 5.41) is 3.64. The van der Waals surface area contributed by atoms with E-state index >= 15 is 0 Å². The second-order valence-corrected chi connectivity index (χ2v) is 14.6. The van der Waals surface area contributed by atoms with Gasteiger partial charge in [0.05, 0.1) is 28.6 Å². The fourth-order valence-corrected chi connectivity index (χ4v) is 8.26. The van der Waals surface area contributed by atoms with Gasteiger partial charge >= 0.3 is 24.6 Å². The number of imidazole rings is 1. The quantitative estimate of drug-likeness (QED) is 0.187. The minimum Gasteiger partial charge on any atom is -0.372 e. The zero-order valence-electron chi connectivity index (χ0n) is 28.3. The highest BCUT2D eigenvalue weighted by Crippen LogP contribution is 2.50. The van der Waals surface area contributed by atoms with Crippen molar-refractivity contribution in [1.82, 2.24) is 33.6 Å². The van der Waals surface area contributed by atoms with E-state index in [1.807, 2.05) is 29.3 Å². The predicted molar refractivity (Wildman–Crippen MR) is 176 cm³/mol. The molecule has 8 rings (SSSR count). The topological polar surface area (TPSA) is 89.0 Å². The van der Waals surface area contributed by atoms with E-state index in [1.54, 1.807) is 35.7 Å². The lowest BCUT2D eigenvalue weighted by Crippen LogP contribution is -2.63. The number of benzene rings is 1. The van der Waals surface area contributed by atoms with E-state index in [1.165, 1.54) is 12.4 Å². The number of hydrogen-bond donors (Lipinski definition) is 0. The van der Waals surface area contributed by atoms with Gasteiger partial charge in [0, 0.05) is 68.6 Å². The monoisotopic (exact) mass is 715 g/mol. The van der Waals surface area contributed by atoms with E-state index in [2.05, 4.69) is 30.8 Å². The molecule has 2 saturated heterocycles. The first-order valence-corrected chi connectivity index (χ1v) is 16.6. The Morgan fingerprint density at radius 2 is 1.75 bits per heavy atom. The summed E-state index contributed by atoms with van der Waals surface area (Å²) in [7, 11) is 3.49. The lowest BCUT2D eigenvalue weighted by atomic mass is 9.76. The van der Waals surface area contributed by atoms with Crippen molar-refractivity contribution in [3.8, 4) is 17.1 Å². The second-order valence-electron chi connectivity index (χ2n) is 14.6. The van der Waals surface area contributed by atoms with Crippen LogP contribution in [0.2, 0.25) is 0 Å². The van der Waals surface area contributed by atoms with Crippen LogP contribution in [0.15, 0.2) is 43.1 Å². The van der Waals surface area contributed by atoms with Crippen LogP contribution in [0.4, 0.5) is 42.6 Å². The number of aromatic nitrogens is 6. The van der Waals surface area contributed by atoms with E-state index in [0.29, 0.717) is 66.8 Å². The zero-order chi connectivity index (χ0) is 36.2. The van der Waals surface area contributed by atoms with Crippen LogP contribution in [0.3, 0.4) is 0 Å². The van der Waals surface area contributed by atoms with Gasteiger partial charge in [0.15, 0.2) is 0 Å². The van der Waals surface area contributed by atoms with Gasteiger partial charge in [0.25, 0.3) is 0 Å². The van der Waals surface area contributed by atoms with Crippen molar-refractivity contribution in [2.24, 2.45) is 12.5 Å². The Bertz CT molecular complexity index is 2190. The molecule has 7 heterocycles. The molecule has 5 aromatic rings. The minimum atomic E-state index is -5.00. The first-order valence-electron chi connectivity index (χ1n) is 16.6. The molecule has 0 atom stereocenters. The number of likely N-dealkylation sites (N-methyl/N-ethyl adjacent to an activating group) is 1.